The second kappa shape index (κ2) is 5.27. The molecule has 0 saturated carbocycles. The Bertz CT molecular complexity index is 125. The third-order valence-electron chi connectivity index (χ3n) is 1.79. The van der Waals surface area contributed by atoms with Gasteiger partial charge in [0.25, 0.3) is 0 Å². The SMILES string of the molecule is CC(=O)CC(C)N(C)CCO. The molecule has 0 radical (unpaired) electrons. The van der Waals surface area contributed by atoms with Crippen LogP contribution in [0.5, 0.6) is 0 Å². The molecule has 0 spiro atoms. The van der Waals surface area contributed by atoms with Crippen molar-refractivity contribution in [1.82, 2.24) is 4.90 Å². The summed E-state index contributed by atoms with van der Waals surface area (Å²) in [6.07, 6.45) is 0.566. The number of aliphatic hydroxyl groups excluding tert-OH is 1. The van der Waals surface area contributed by atoms with E-state index >= 15 is 0 Å². The zero-order valence-corrected chi connectivity index (χ0v) is 7.50. The summed E-state index contributed by atoms with van der Waals surface area (Å²) in [7, 11) is 1.91. The molecule has 66 valence electrons. The molecule has 0 aliphatic heterocycles. The van der Waals surface area contributed by atoms with Crippen molar-refractivity contribution in [1.29, 1.82) is 0 Å². The van der Waals surface area contributed by atoms with Crippen LogP contribution in [0.4, 0.5) is 0 Å². The first-order chi connectivity index (χ1) is 5.07. The molecule has 0 saturated heterocycles. The summed E-state index contributed by atoms with van der Waals surface area (Å²) in [6.45, 7) is 4.35. The van der Waals surface area contributed by atoms with E-state index in [2.05, 4.69) is 0 Å². The van der Waals surface area contributed by atoms with Crippen LogP contribution in [0.15, 0.2) is 0 Å². The Morgan fingerprint density at radius 3 is 2.55 bits per heavy atom. The molecule has 0 amide bonds. The summed E-state index contributed by atoms with van der Waals surface area (Å²) in [5.74, 6) is 0.197. The number of aliphatic hydroxyl groups is 1. The average molecular weight is 159 g/mol. The second-order valence-electron chi connectivity index (χ2n) is 2.96. The third-order valence-corrected chi connectivity index (χ3v) is 1.79. The van der Waals surface area contributed by atoms with Gasteiger partial charge in [-0.3, -0.25) is 4.79 Å². The number of ketones is 1. The van der Waals surface area contributed by atoms with E-state index in [1.807, 2.05) is 18.9 Å². The highest BCUT2D eigenvalue weighted by Crippen LogP contribution is 2.00. The van der Waals surface area contributed by atoms with Crippen molar-refractivity contribution in [3.05, 3.63) is 0 Å². The minimum Gasteiger partial charge on any atom is -0.395 e. The predicted octanol–water partition coefficient (Wildman–Crippen LogP) is 0.278. The van der Waals surface area contributed by atoms with E-state index in [0.29, 0.717) is 13.0 Å². The van der Waals surface area contributed by atoms with Gasteiger partial charge in [0.2, 0.25) is 0 Å². The molecule has 0 aliphatic carbocycles. The molecular weight excluding hydrogens is 142 g/mol. The highest BCUT2D eigenvalue weighted by molar-refractivity contribution is 5.76. The maximum atomic E-state index is 10.7. The number of likely N-dealkylation sites (N-methyl/N-ethyl adjacent to an activating group) is 1. The molecule has 1 atom stereocenters. The Hall–Kier alpha value is -0.410. The molecule has 0 heterocycles. The molecule has 1 N–H and O–H groups in total. The Kier molecular flexibility index (Phi) is 5.07. The fraction of sp³-hybridized carbons (Fsp3) is 0.875. The lowest BCUT2D eigenvalue weighted by Gasteiger charge is -2.22. The van der Waals surface area contributed by atoms with E-state index in [1.165, 1.54) is 0 Å². The summed E-state index contributed by atoms with van der Waals surface area (Å²) in [6, 6.07) is 0.236. The number of nitrogens with zero attached hydrogens (tertiary/aromatic N) is 1. The van der Waals surface area contributed by atoms with Crippen molar-refractivity contribution >= 4 is 5.78 Å². The number of rotatable bonds is 5. The summed E-state index contributed by atoms with van der Waals surface area (Å²) >= 11 is 0. The van der Waals surface area contributed by atoms with Gasteiger partial charge in [-0.1, -0.05) is 0 Å². The van der Waals surface area contributed by atoms with Crippen molar-refractivity contribution in [2.45, 2.75) is 26.3 Å². The first-order valence-corrected chi connectivity index (χ1v) is 3.88. The maximum Gasteiger partial charge on any atom is 0.131 e. The van der Waals surface area contributed by atoms with E-state index in [9.17, 15) is 4.79 Å². The smallest absolute Gasteiger partial charge is 0.131 e. The molecule has 1 unspecified atom stereocenters. The van der Waals surface area contributed by atoms with Gasteiger partial charge < -0.3 is 10.0 Å². The van der Waals surface area contributed by atoms with Gasteiger partial charge in [-0.15, -0.1) is 0 Å². The Labute approximate surface area is 68.0 Å². The van der Waals surface area contributed by atoms with Gasteiger partial charge in [0.1, 0.15) is 5.78 Å². The number of Topliss-reactive ketones (excluding diaryl/α,β-unsaturated/α-hetero) is 1. The molecule has 11 heavy (non-hydrogen) atoms. The summed E-state index contributed by atoms with van der Waals surface area (Å²) < 4.78 is 0. The highest BCUT2D eigenvalue weighted by Gasteiger charge is 2.09. The number of hydrogen-bond donors (Lipinski definition) is 1. The van der Waals surface area contributed by atoms with Crippen LogP contribution < -0.4 is 0 Å². The van der Waals surface area contributed by atoms with Crippen LogP contribution in [0.25, 0.3) is 0 Å². The van der Waals surface area contributed by atoms with Crippen molar-refractivity contribution in [2.75, 3.05) is 20.2 Å². The number of hydrogen-bond acceptors (Lipinski definition) is 3. The van der Waals surface area contributed by atoms with Crippen LogP contribution in [0.1, 0.15) is 20.3 Å². The Morgan fingerprint density at radius 1 is 1.64 bits per heavy atom. The standard InChI is InChI=1S/C8H17NO2/c1-7(6-8(2)11)9(3)4-5-10/h7,10H,4-6H2,1-3H3. The van der Waals surface area contributed by atoms with Crippen LogP contribution in [-0.2, 0) is 4.79 Å². The van der Waals surface area contributed by atoms with Crippen LogP contribution in [0.2, 0.25) is 0 Å². The topological polar surface area (TPSA) is 40.5 Å². The number of carbonyl (C=O) groups is 1. The average Bonchev–Trinajstić information content (AvgIpc) is 1.86. The van der Waals surface area contributed by atoms with Gasteiger partial charge in [-0.2, -0.15) is 0 Å². The van der Waals surface area contributed by atoms with Gasteiger partial charge in [-0.05, 0) is 20.9 Å². The fourth-order valence-corrected chi connectivity index (χ4v) is 0.950. The second-order valence-corrected chi connectivity index (χ2v) is 2.96. The lowest BCUT2D eigenvalue weighted by Crippen LogP contribution is -2.32. The van der Waals surface area contributed by atoms with Crippen molar-refractivity contribution in [2.24, 2.45) is 0 Å². The van der Waals surface area contributed by atoms with Gasteiger partial charge in [-0.25, -0.2) is 0 Å². The molecule has 3 nitrogen and oxygen atoms in total. The third kappa shape index (κ3) is 4.93. The van der Waals surface area contributed by atoms with Gasteiger partial charge in [0, 0.05) is 19.0 Å². The minimum absolute atomic E-state index is 0.152. The molecular formula is C8H17NO2. The number of carbonyl (C=O) groups excluding carboxylic acids is 1. The lowest BCUT2D eigenvalue weighted by molar-refractivity contribution is -0.118. The normalized spacial score (nSPS) is 13.5. The zero-order chi connectivity index (χ0) is 8.85. The predicted molar refractivity (Wildman–Crippen MR) is 44.5 cm³/mol. The van der Waals surface area contributed by atoms with E-state index in [1.54, 1.807) is 6.92 Å². The molecule has 0 bridgehead atoms. The van der Waals surface area contributed by atoms with Gasteiger partial charge in [0.05, 0.1) is 6.61 Å². The summed E-state index contributed by atoms with van der Waals surface area (Å²) in [4.78, 5) is 12.6. The first kappa shape index (κ1) is 10.6. The van der Waals surface area contributed by atoms with Gasteiger partial charge in [0.15, 0.2) is 0 Å². The van der Waals surface area contributed by atoms with Crippen LogP contribution in [-0.4, -0.2) is 42.0 Å². The molecule has 0 aliphatic rings. The zero-order valence-electron chi connectivity index (χ0n) is 7.50. The monoisotopic (exact) mass is 159 g/mol. The Balaban J connectivity index is 3.63. The molecule has 0 aromatic carbocycles. The molecule has 0 fully saturated rings. The highest BCUT2D eigenvalue weighted by atomic mass is 16.3. The molecule has 0 rings (SSSR count). The van der Waals surface area contributed by atoms with Gasteiger partial charge >= 0.3 is 0 Å². The van der Waals surface area contributed by atoms with E-state index in [0.717, 1.165) is 0 Å². The summed E-state index contributed by atoms with van der Waals surface area (Å²) in [5.41, 5.74) is 0. The van der Waals surface area contributed by atoms with E-state index < -0.39 is 0 Å². The van der Waals surface area contributed by atoms with E-state index in [4.69, 9.17) is 5.11 Å². The summed E-state index contributed by atoms with van der Waals surface area (Å²) in [5, 5.41) is 8.59. The first-order valence-electron chi connectivity index (χ1n) is 3.88. The molecule has 0 aromatic heterocycles. The van der Waals surface area contributed by atoms with Crippen molar-refractivity contribution in [3.63, 3.8) is 0 Å². The van der Waals surface area contributed by atoms with Crippen LogP contribution in [0.3, 0.4) is 0 Å². The quantitative estimate of drug-likeness (QED) is 0.626. The van der Waals surface area contributed by atoms with Crippen molar-refractivity contribution in [3.8, 4) is 0 Å². The lowest BCUT2D eigenvalue weighted by atomic mass is 10.1. The molecule has 3 heteroatoms. The van der Waals surface area contributed by atoms with E-state index in [-0.39, 0.29) is 18.4 Å². The maximum absolute atomic E-state index is 10.7. The minimum atomic E-state index is 0.152. The van der Waals surface area contributed by atoms with Crippen molar-refractivity contribution < 1.29 is 9.90 Å². The Morgan fingerprint density at radius 2 is 2.18 bits per heavy atom. The fourth-order valence-electron chi connectivity index (χ4n) is 0.950. The van der Waals surface area contributed by atoms with Crippen LogP contribution in [0, 0.1) is 0 Å². The largest absolute Gasteiger partial charge is 0.395 e. The molecule has 0 aromatic rings. The van der Waals surface area contributed by atoms with Crippen LogP contribution >= 0.6 is 0 Å².